The summed E-state index contributed by atoms with van der Waals surface area (Å²) in [5, 5.41) is 4.01. The number of nitrogens with two attached hydrogens (primary N) is 1. The van der Waals surface area contributed by atoms with Gasteiger partial charge in [0, 0.05) is 24.8 Å². The first-order valence-corrected chi connectivity index (χ1v) is 9.01. The summed E-state index contributed by atoms with van der Waals surface area (Å²) in [5.41, 5.74) is 8.92. The summed E-state index contributed by atoms with van der Waals surface area (Å²) < 4.78 is 5.62. The molecular formula is C20H28ClN3O. The number of pyridine rings is 1. The minimum absolute atomic E-state index is 0.0348. The quantitative estimate of drug-likeness (QED) is 0.699. The monoisotopic (exact) mass is 361 g/mol. The summed E-state index contributed by atoms with van der Waals surface area (Å²) in [4.78, 5) is 3.99. The van der Waals surface area contributed by atoms with Crippen LogP contribution in [0.25, 0.3) is 0 Å². The first-order chi connectivity index (χ1) is 11.8. The van der Waals surface area contributed by atoms with Gasteiger partial charge in [-0.2, -0.15) is 0 Å². The summed E-state index contributed by atoms with van der Waals surface area (Å²) >= 11 is 5.88. The zero-order valence-electron chi connectivity index (χ0n) is 15.3. The highest BCUT2D eigenvalue weighted by Gasteiger charge is 2.13. The van der Waals surface area contributed by atoms with Gasteiger partial charge in [0.05, 0.1) is 11.2 Å². The number of nitrogens with zero attached hydrogens (tertiary/aromatic N) is 1. The maximum atomic E-state index is 6.10. The Labute approximate surface area is 155 Å². The molecule has 136 valence electrons. The second kappa shape index (κ2) is 9.18. The van der Waals surface area contributed by atoms with E-state index in [4.69, 9.17) is 22.1 Å². The van der Waals surface area contributed by atoms with Crippen LogP contribution in [-0.2, 0) is 12.0 Å². The van der Waals surface area contributed by atoms with E-state index >= 15 is 0 Å². The van der Waals surface area contributed by atoms with Crippen LogP contribution in [0.3, 0.4) is 0 Å². The Morgan fingerprint density at radius 3 is 2.76 bits per heavy atom. The molecule has 0 aliphatic heterocycles. The highest BCUT2D eigenvalue weighted by atomic mass is 35.5. The number of benzene rings is 1. The molecule has 0 radical (unpaired) electrons. The van der Waals surface area contributed by atoms with Crippen molar-refractivity contribution in [2.75, 3.05) is 13.2 Å². The van der Waals surface area contributed by atoms with Gasteiger partial charge < -0.3 is 15.8 Å². The molecule has 25 heavy (non-hydrogen) atoms. The lowest BCUT2D eigenvalue weighted by molar-refractivity contribution is 0.280. The Balaban J connectivity index is 1.69. The van der Waals surface area contributed by atoms with Crippen LogP contribution in [0.4, 0.5) is 0 Å². The Hall–Kier alpha value is -1.62. The van der Waals surface area contributed by atoms with E-state index < -0.39 is 0 Å². The van der Waals surface area contributed by atoms with Crippen molar-refractivity contribution in [3.63, 3.8) is 0 Å². The number of nitrogens with one attached hydrogen (secondary N) is 1. The van der Waals surface area contributed by atoms with Crippen LogP contribution in [0.5, 0.6) is 5.75 Å². The lowest BCUT2D eigenvalue weighted by Gasteiger charge is -2.20. The SMILES string of the molecule is CC(C)(C)c1cccc(CNCC[C@@H](N)COc2cncc(Cl)c2)c1. The summed E-state index contributed by atoms with van der Waals surface area (Å²) in [7, 11) is 0. The van der Waals surface area contributed by atoms with E-state index in [9.17, 15) is 0 Å². The molecule has 0 spiro atoms. The zero-order valence-corrected chi connectivity index (χ0v) is 16.0. The highest BCUT2D eigenvalue weighted by Crippen LogP contribution is 2.22. The molecule has 0 saturated heterocycles. The van der Waals surface area contributed by atoms with Crippen LogP contribution in [0.2, 0.25) is 5.02 Å². The summed E-state index contributed by atoms with van der Waals surface area (Å²) in [5.74, 6) is 0.648. The van der Waals surface area contributed by atoms with E-state index in [0.717, 1.165) is 19.5 Å². The van der Waals surface area contributed by atoms with Crippen LogP contribution in [0, 0.1) is 0 Å². The predicted molar refractivity (Wildman–Crippen MR) is 104 cm³/mol. The lowest BCUT2D eigenvalue weighted by Crippen LogP contribution is -2.31. The predicted octanol–water partition coefficient (Wildman–Crippen LogP) is 3.92. The van der Waals surface area contributed by atoms with Crippen molar-refractivity contribution < 1.29 is 4.74 Å². The van der Waals surface area contributed by atoms with E-state index in [-0.39, 0.29) is 11.5 Å². The second-order valence-electron chi connectivity index (χ2n) is 7.33. The Morgan fingerprint density at radius 1 is 1.24 bits per heavy atom. The molecule has 0 amide bonds. The largest absolute Gasteiger partial charge is 0.490 e. The van der Waals surface area contributed by atoms with Gasteiger partial charge in [-0.3, -0.25) is 4.98 Å². The molecule has 0 unspecified atom stereocenters. The minimum Gasteiger partial charge on any atom is -0.490 e. The number of hydrogen-bond donors (Lipinski definition) is 2. The number of hydrogen-bond acceptors (Lipinski definition) is 4. The average molecular weight is 362 g/mol. The number of rotatable bonds is 8. The van der Waals surface area contributed by atoms with Crippen molar-refractivity contribution in [2.45, 2.75) is 45.2 Å². The second-order valence-corrected chi connectivity index (χ2v) is 7.76. The fraction of sp³-hybridized carbons (Fsp3) is 0.450. The van der Waals surface area contributed by atoms with Gasteiger partial charge in [-0.1, -0.05) is 56.6 Å². The van der Waals surface area contributed by atoms with Gasteiger partial charge in [-0.15, -0.1) is 0 Å². The van der Waals surface area contributed by atoms with E-state index in [1.165, 1.54) is 11.1 Å². The van der Waals surface area contributed by atoms with Crippen LogP contribution in [0.15, 0.2) is 42.7 Å². The molecule has 0 saturated carbocycles. The molecule has 3 N–H and O–H groups in total. The number of ether oxygens (including phenoxy) is 1. The Morgan fingerprint density at radius 2 is 2.04 bits per heavy atom. The van der Waals surface area contributed by atoms with Crippen molar-refractivity contribution in [3.05, 3.63) is 58.9 Å². The smallest absolute Gasteiger partial charge is 0.139 e. The Kier molecular flexibility index (Phi) is 7.24. The molecule has 0 bridgehead atoms. The molecule has 0 aliphatic rings. The summed E-state index contributed by atoms with van der Waals surface area (Å²) in [6.07, 6.45) is 4.05. The average Bonchev–Trinajstić information content (AvgIpc) is 2.56. The topological polar surface area (TPSA) is 60.2 Å². The molecule has 1 aromatic heterocycles. The summed E-state index contributed by atoms with van der Waals surface area (Å²) in [6, 6.07) is 10.4. The van der Waals surface area contributed by atoms with Crippen LogP contribution >= 0.6 is 11.6 Å². The molecule has 1 atom stereocenters. The van der Waals surface area contributed by atoms with Gasteiger partial charge in [-0.05, 0) is 29.5 Å². The van der Waals surface area contributed by atoms with Crippen molar-refractivity contribution in [1.29, 1.82) is 0 Å². The lowest BCUT2D eigenvalue weighted by atomic mass is 9.86. The number of halogens is 1. The fourth-order valence-corrected chi connectivity index (χ4v) is 2.59. The third-order valence-electron chi connectivity index (χ3n) is 3.96. The maximum absolute atomic E-state index is 6.10. The van der Waals surface area contributed by atoms with Gasteiger partial charge in [0.25, 0.3) is 0 Å². The minimum atomic E-state index is -0.0348. The first kappa shape index (κ1) is 19.7. The first-order valence-electron chi connectivity index (χ1n) is 8.63. The molecule has 2 rings (SSSR count). The third-order valence-corrected chi connectivity index (χ3v) is 4.16. The van der Waals surface area contributed by atoms with E-state index in [0.29, 0.717) is 17.4 Å². The molecule has 1 heterocycles. The zero-order chi connectivity index (χ0) is 18.3. The summed E-state index contributed by atoms with van der Waals surface area (Å²) in [6.45, 7) is 8.83. The Bertz CT molecular complexity index is 670. The molecule has 2 aromatic rings. The van der Waals surface area contributed by atoms with Crippen LogP contribution < -0.4 is 15.8 Å². The normalized spacial score (nSPS) is 12.8. The molecule has 0 aliphatic carbocycles. The van der Waals surface area contributed by atoms with Gasteiger partial charge in [0.15, 0.2) is 0 Å². The fourth-order valence-electron chi connectivity index (χ4n) is 2.43. The van der Waals surface area contributed by atoms with E-state index in [1.807, 2.05) is 0 Å². The third kappa shape index (κ3) is 7.02. The van der Waals surface area contributed by atoms with Gasteiger partial charge in [0.1, 0.15) is 12.4 Å². The maximum Gasteiger partial charge on any atom is 0.139 e. The molecular weight excluding hydrogens is 334 g/mol. The molecule has 1 aromatic carbocycles. The molecule has 4 nitrogen and oxygen atoms in total. The van der Waals surface area contributed by atoms with Gasteiger partial charge >= 0.3 is 0 Å². The van der Waals surface area contributed by atoms with Crippen molar-refractivity contribution in [2.24, 2.45) is 5.73 Å². The molecule has 5 heteroatoms. The van der Waals surface area contributed by atoms with Crippen molar-refractivity contribution in [1.82, 2.24) is 10.3 Å². The van der Waals surface area contributed by atoms with Gasteiger partial charge in [-0.25, -0.2) is 0 Å². The highest BCUT2D eigenvalue weighted by molar-refractivity contribution is 6.30. The van der Waals surface area contributed by atoms with Crippen molar-refractivity contribution >= 4 is 11.6 Å². The molecule has 0 fully saturated rings. The van der Waals surface area contributed by atoms with Crippen molar-refractivity contribution in [3.8, 4) is 5.75 Å². The standard InChI is InChI=1S/C20H28ClN3O/c1-20(2,3)16-6-4-5-15(9-16)11-23-8-7-18(22)14-25-19-10-17(21)12-24-13-19/h4-6,9-10,12-13,18,23H,7-8,11,14,22H2,1-3H3/t18-/m1/s1. The van der Waals surface area contributed by atoms with Crippen LogP contribution in [0.1, 0.15) is 38.3 Å². The van der Waals surface area contributed by atoms with Crippen LogP contribution in [-0.4, -0.2) is 24.2 Å². The number of aromatic nitrogens is 1. The van der Waals surface area contributed by atoms with Gasteiger partial charge in [0.2, 0.25) is 0 Å². The van der Waals surface area contributed by atoms with E-state index in [1.54, 1.807) is 18.5 Å². The van der Waals surface area contributed by atoms with E-state index in [2.05, 4.69) is 55.3 Å².